The number of hydrogen-bond donors (Lipinski definition) is 1. The Labute approximate surface area is 119 Å². The fourth-order valence-corrected chi connectivity index (χ4v) is 2.77. The molecule has 0 radical (unpaired) electrons. The lowest BCUT2D eigenvalue weighted by Crippen LogP contribution is -2.31. The van der Waals surface area contributed by atoms with E-state index >= 15 is 0 Å². The minimum atomic E-state index is -0.594. The van der Waals surface area contributed by atoms with Crippen molar-refractivity contribution in [3.63, 3.8) is 0 Å². The van der Waals surface area contributed by atoms with Gasteiger partial charge in [-0.15, -0.1) is 0 Å². The summed E-state index contributed by atoms with van der Waals surface area (Å²) < 4.78 is 0.142. The van der Waals surface area contributed by atoms with E-state index < -0.39 is 4.92 Å². The van der Waals surface area contributed by atoms with Gasteiger partial charge in [-0.05, 0) is 25.2 Å². The zero-order valence-corrected chi connectivity index (χ0v) is 11.9. The molecule has 0 bridgehead atoms. The van der Waals surface area contributed by atoms with Crippen LogP contribution in [0.5, 0.6) is 0 Å². The molecule has 7 heteroatoms. The second-order valence-electron chi connectivity index (χ2n) is 4.47. The number of halogens is 1. The Morgan fingerprint density at radius 3 is 2.79 bits per heavy atom. The van der Waals surface area contributed by atoms with Gasteiger partial charge < -0.3 is 5.32 Å². The number of nitrogens with one attached hydrogen (secondary N) is 1. The fourth-order valence-electron chi connectivity index (χ4n) is 1.77. The normalized spacial score (nSPS) is 15.9. The highest BCUT2D eigenvalue weighted by molar-refractivity contribution is 8.00. The number of nitro groups is 1. The average molecular weight is 301 g/mol. The smallest absolute Gasteiger partial charge is 0.288 e. The van der Waals surface area contributed by atoms with E-state index in [2.05, 4.69) is 5.32 Å². The monoisotopic (exact) mass is 300 g/mol. The standard InChI is InChI=1S/C12H13ClN2O3S/c1-19-12(5-6-12)7-14-11(16)8-3-2-4-9(10(8)13)15(17)18/h2-4H,5-7H2,1H3,(H,14,16). The van der Waals surface area contributed by atoms with E-state index in [1.54, 1.807) is 11.8 Å². The molecule has 0 spiro atoms. The van der Waals surface area contributed by atoms with Crippen LogP contribution in [0.2, 0.25) is 5.02 Å². The first kappa shape index (κ1) is 14.1. The van der Waals surface area contributed by atoms with Gasteiger partial charge in [0.1, 0.15) is 5.02 Å². The number of rotatable bonds is 5. The second-order valence-corrected chi connectivity index (χ2v) is 6.12. The van der Waals surface area contributed by atoms with Crippen LogP contribution in [0.1, 0.15) is 23.2 Å². The molecule has 1 aromatic rings. The van der Waals surface area contributed by atoms with Crippen LogP contribution in [0.15, 0.2) is 18.2 Å². The lowest BCUT2D eigenvalue weighted by atomic mass is 10.2. The van der Waals surface area contributed by atoms with E-state index in [0.717, 1.165) is 12.8 Å². The molecule has 0 heterocycles. The Morgan fingerprint density at radius 2 is 2.26 bits per heavy atom. The van der Waals surface area contributed by atoms with Crippen LogP contribution >= 0.6 is 23.4 Å². The van der Waals surface area contributed by atoms with Gasteiger partial charge in [-0.2, -0.15) is 11.8 Å². The number of thioether (sulfide) groups is 1. The summed E-state index contributed by atoms with van der Waals surface area (Å²) in [6.07, 6.45) is 4.17. The van der Waals surface area contributed by atoms with Gasteiger partial charge in [-0.1, -0.05) is 17.7 Å². The van der Waals surface area contributed by atoms with Crippen LogP contribution in [0, 0.1) is 10.1 Å². The van der Waals surface area contributed by atoms with Crippen molar-refractivity contribution in [1.29, 1.82) is 0 Å². The highest BCUT2D eigenvalue weighted by Crippen LogP contribution is 2.46. The van der Waals surface area contributed by atoms with Gasteiger partial charge in [0.15, 0.2) is 0 Å². The largest absolute Gasteiger partial charge is 0.351 e. The highest BCUT2D eigenvalue weighted by Gasteiger charge is 2.42. The molecule has 102 valence electrons. The summed E-state index contributed by atoms with van der Waals surface area (Å²) in [6, 6.07) is 4.23. The number of hydrogen-bond acceptors (Lipinski definition) is 4. The van der Waals surface area contributed by atoms with Crippen molar-refractivity contribution in [2.45, 2.75) is 17.6 Å². The maximum Gasteiger partial charge on any atom is 0.288 e. The maximum absolute atomic E-state index is 12.0. The predicted molar refractivity (Wildman–Crippen MR) is 75.9 cm³/mol. The minimum Gasteiger partial charge on any atom is -0.351 e. The van der Waals surface area contributed by atoms with Crippen molar-refractivity contribution in [3.8, 4) is 0 Å². The molecule has 0 unspecified atom stereocenters. The van der Waals surface area contributed by atoms with Gasteiger partial charge in [-0.3, -0.25) is 14.9 Å². The number of benzene rings is 1. The Kier molecular flexibility index (Phi) is 4.01. The van der Waals surface area contributed by atoms with Crippen LogP contribution in [-0.2, 0) is 0 Å². The molecule has 19 heavy (non-hydrogen) atoms. The van der Waals surface area contributed by atoms with Crippen LogP contribution in [0.4, 0.5) is 5.69 Å². The Balaban J connectivity index is 2.11. The first-order valence-corrected chi connectivity index (χ1v) is 7.36. The molecular weight excluding hydrogens is 288 g/mol. The summed E-state index contributed by atoms with van der Waals surface area (Å²) in [7, 11) is 0. The first-order chi connectivity index (χ1) is 8.99. The predicted octanol–water partition coefficient (Wildman–Crippen LogP) is 2.87. The quantitative estimate of drug-likeness (QED) is 0.670. The third kappa shape index (κ3) is 3.01. The molecule has 0 saturated heterocycles. The lowest BCUT2D eigenvalue weighted by molar-refractivity contribution is -0.384. The molecule has 1 aliphatic carbocycles. The molecule has 0 atom stereocenters. The molecule has 1 N–H and O–H groups in total. The van der Waals surface area contributed by atoms with Crippen molar-refractivity contribution in [3.05, 3.63) is 38.9 Å². The van der Waals surface area contributed by atoms with Gasteiger partial charge in [0, 0.05) is 17.4 Å². The van der Waals surface area contributed by atoms with Gasteiger partial charge >= 0.3 is 0 Å². The topological polar surface area (TPSA) is 72.2 Å². The number of amides is 1. The summed E-state index contributed by atoms with van der Waals surface area (Å²) in [5, 5.41) is 13.4. The SMILES string of the molecule is CSC1(CNC(=O)c2cccc([N+](=O)[O-])c2Cl)CC1. The molecule has 2 rings (SSSR count). The summed E-state index contributed by atoms with van der Waals surface area (Å²) in [5.41, 5.74) is -0.104. The van der Waals surface area contributed by atoms with Gasteiger partial charge in [0.25, 0.3) is 11.6 Å². The summed E-state index contributed by atoms with van der Waals surface area (Å²) in [6.45, 7) is 0.562. The van der Waals surface area contributed by atoms with Crippen LogP contribution in [0.3, 0.4) is 0 Å². The van der Waals surface area contributed by atoms with Crippen LogP contribution in [0.25, 0.3) is 0 Å². The molecule has 1 amide bonds. The summed E-state index contributed by atoms with van der Waals surface area (Å²) >= 11 is 7.62. The summed E-state index contributed by atoms with van der Waals surface area (Å²) in [4.78, 5) is 22.2. The average Bonchev–Trinajstić information content (AvgIpc) is 3.16. The van der Waals surface area contributed by atoms with Crippen molar-refractivity contribution >= 4 is 35.0 Å². The van der Waals surface area contributed by atoms with E-state index in [1.165, 1.54) is 18.2 Å². The van der Waals surface area contributed by atoms with E-state index in [1.807, 2.05) is 6.26 Å². The van der Waals surface area contributed by atoms with E-state index in [9.17, 15) is 14.9 Å². The summed E-state index contributed by atoms with van der Waals surface area (Å²) in [5.74, 6) is -0.367. The molecule has 1 saturated carbocycles. The number of nitro benzene ring substituents is 1. The Hall–Kier alpha value is -1.27. The van der Waals surface area contributed by atoms with Crippen molar-refractivity contribution < 1.29 is 9.72 Å². The Bertz CT molecular complexity index is 532. The zero-order valence-electron chi connectivity index (χ0n) is 10.3. The van der Waals surface area contributed by atoms with E-state index in [0.29, 0.717) is 6.54 Å². The van der Waals surface area contributed by atoms with E-state index in [-0.39, 0.29) is 26.9 Å². The fraction of sp³-hybridized carbons (Fsp3) is 0.417. The van der Waals surface area contributed by atoms with Gasteiger partial charge in [-0.25, -0.2) is 0 Å². The molecule has 5 nitrogen and oxygen atoms in total. The molecule has 1 aromatic carbocycles. The van der Waals surface area contributed by atoms with E-state index in [4.69, 9.17) is 11.6 Å². The van der Waals surface area contributed by atoms with Crippen LogP contribution in [-0.4, -0.2) is 28.4 Å². The third-order valence-electron chi connectivity index (χ3n) is 3.23. The molecule has 1 fully saturated rings. The number of nitrogens with zero attached hydrogens (tertiary/aromatic N) is 1. The highest BCUT2D eigenvalue weighted by atomic mass is 35.5. The van der Waals surface area contributed by atoms with Crippen molar-refractivity contribution in [2.24, 2.45) is 0 Å². The molecule has 0 aliphatic heterocycles. The second kappa shape index (κ2) is 5.38. The molecular formula is C12H13ClN2O3S. The van der Waals surface area contributed by atoms with Gasteiger partial charge in [0.2, 0.25) is 0 Å². The number of carbonyl (C=O) groups is 1. The molecule has 0 aromatic heterocycles. The van der Waals surface area contributed by atoms with Crippen LogP contribution < -0.4 is 5.32 Å². The van der Waals surface area contributed by atoms with Crippen molar-refractivity contribution in [1.82, 2.24) is 5.32 Å². The minimum absolute atomic E-state index is 0.112. The zero-order chi connectivity index (χ0) is 14.0. The van der Waals surface area contributed by atoms with Gasteiger partial charge in [0.05, 0.1) is 10.5 Å². The maximum atomic E-state index is 12.0. The lowest BCUT2D eigenvalue weighted by Gasteiger charge is -2.13. The molecule has 1 aliphatic rings. The van der Waals surface area contributed by atoms with Crippen molar-refractivity contribution in [2.75, 3.05) is 12.8 Å². The Morgan fingerprint density at radius 1 is 1.58 bits per heavy atom. The first-order valence-electron chi connectivity index (χ1n) is 5.75. The third-order valence-corrected chi connectivity index (χ3v) is 5.05. The number of carbonyl (C=O) groups excluding carboxylic acids is 1.